The Bertz CT molecular complexity index is 370. The molecule has 2 aromatic heterocycles. The Labute approximate surface area is 72.8 Å². The van der Waals surface area contributed by atoms with Crippen LogP contribution in [0.5, 0.6) is 6.01 Å². The van der Waals surface area contributed by atoms with E-state index < -0.39 is 0 Å². The first kappa shape index (κ1) is 7.59. The first-order chi connectivity index (χ1) is 6.40. The third-order valence-electron chi connectivity index (χ3n) is 1.31. The van der Waals surface area contributed by atoms with E-state index >= 15 is 0 Å². The summed E-state index contributed by atoms with van der Waals surface area (Å²) in [7, 11) is 1.46. The minimum atomic E-state index is 0.201. The molecule has 0 atom stereocenters. The Hall–Kier alpha value is -2.05. The second-order valence-electron chi connectivity index (χ2n) is 2.08. The van der Waals surface area contributed by atoms with Crippen LogP contribution in [-0.4, -0.2) is 32.4 Å². The predicted octanol–water partition coefficient (Wildman–Crippen LogP) is -0.0698. The molecular weight excluding hydrogens is 174 g/mol. The van der Waals surface area contributed by atoms with Gasteiger partial charge in [0.2, 0.25) is 12.2 Å². The van der Waals surface area contributed by atoms with Gasteiger partial charge in [-0.05, 0) is 0 Å². The van der Waals surface area contributed by atoms with Crippen molar-refractivity contribution < 1.29 is 9.26 Å². The summed E-state index contributed by atoms with van der Waals surface area (Å²) in [6, 6.07) is 0.201. The number of ether oxygens (including phenoxy) is 1. The van der Waals surface area contributed by atoms with Crippen LogP contribution < -0.4 is 4.74 Å². The molecule has 0 unspecified atom stereocenters. The van der Waals surface area contributed by atoms with E-state index in [1.807, 2.05) is 0 Å². The van der Waals surface area contributed by atoms with Gasteiger partial charge in [0.15, 0.2) is 5.69 Å². The number of aromatic nitrogens is 5. The molecule has 0 aliphatic heterocycles. The number of hydrogen-bond donors (Lipinski definition) is 0. The molecule has 7 heteroatoms. The van der Waals surface area contributed by atoms with Crippen molar-refractivity contribution in [3.8, 4) is 17.5 Å². The van der Waals surface area contributed by atoms with Gasteiger partial charge in [-0.25, -0.2) is 0 Å². The van der Waals surface area contributed by atoms with Crippen molar-refractivity contribution in [3.63, 3.8) is 0 Å². The first-order valence-corrected chi connectivity index (χ1v) is 3.40. The van der Waals surface area contributed by atoms with Gasteiger partial charge in [-0.1, -0.05) is 10.3 Å². The summed E-state index contributed by atoms with van der Waals surface area (Å²) in [6.07, 6.45) is 2.66. The molecule has 2 heterocycles. The molecule has 0 bridgehead atoms. The molecule has 2 rings (SSSR count). The van der Waals surface area contributed by atoms with Crippen molar-refractivity contribution in [2.45, 2.75) is 0 Å². The summed E-state index contributed by atoms with van der Waals surface area (Å²) >= 11 is 0. The fourth-order valence-corrected chi connectivity index (χ4v) is 0.744. The molecule has 7 nitrogen and oxygen atoms in total. The van der Waals surface area contributed by atoms with Gasteiger partial charge in [0, 0.05) is 0 Å². The topological polar surface area (TPSA) is 86.8 Å². The zero-order valence-electron chi connectivity index (χ0n) is 6.71. The van der Waals surface area contributed by atoms with Crippen molar-refractivity contribution in [2.24, 2.45) is 0 Å². The largest absolute Gasteiger partial charge is 0.466 e. The molecule has 0 aliphatic rings. The highest BCUT2D eigenvalue weighted by Gasteiger charge is 2.05. The number of nitrogens with zero attached hydrogens (tertiary/aromatic N) is 5. The lowest BCUT2D eigenvalue weighted by Gasteiger charge is -1.94. The van der Waals surface area contributed by atoms with Gasteiger partial charge in [0.1, 0.15) is 0 Å². The molecule has 0 spiro atoms. The lowest BCUT2D eigenvalue weighted by atomic mass is 10.4. The Morgan fingerprint density at radius 3 is 2.77 bits per heavy atom. The van der Waals surface area contributed by atoms with Gasteiger partial charge in [0.05, 0.1) is 13.3 Å². The van der Waals surface area contributed by atoms with Crippen LogP contribution in [0.3, 0.4) is 0 Å². The maximum absolute atomic E-state index is 4.74. The maximum atomic E-state index is 4.74. The van der Waals surface area contributed by atoms with Crippen LogP contribution >= 0.6 is 0 Å². The Morgan fingerprint density at radius 1 is 1.31 bits per heavy atom. The first-order valence-electron chi connectivity index (χ1n) is 3.40. The van der Waals surface area contributed by atoms with E-state index in [0.29, 0.717) is 11.5 Å². The van der Waals surface area contributed by atoms with Gasteiger partial charge < -0.3 is 9.26 Å². The quantitative estimate of drug-likeness (QED) is 0.637. The fourth-order valence-electron chi connectivity index (χ4n) is 0.744. The third-order valence-corrected chi connectivity index (χ3v) is 1.31. The van der Waals surface area contributed by atoms with Crippen LogP contribution in [0.25, 0.3) is 11.5 Å². The Balaban J connectivity index is 2.33. The normalized spacial score (nSPS) is 9.92. The molecule has 0 saturated carbocycles. The molecule has 0 aliphatic carbocycles. The highest BCUT2D eigenvalue weighted by atomic mass is 16.5. The number of methoxy groups -OCH3 is 1. The second kappa shape index (κ2) is 3.13. The van der Waals surface area contributed by atoms with E-state index in [9.17, 15) is 0 Å². The monoisotopic (exact) mass is 179 g/mol. The van der Waals surface area contributed by atoms with Crippen LogP contribution in [-0.2, 0) is 0 Å². The minimum absolute atomic E-state index is 0.201. The minimum Gasteiger partial charge on any atom is -0.466 e. The Kier molecular flexibility index (Phi) is 1.83. The molecule has 0 amide bonds. The SMILES string of the molecule is COc1ncc(-c2ncon2)nn1. The molecule has 0 aromatic carbocycles. The molecule has 2 aromatic rings. The lowest BCUT2D eigenvalue weighted by Crippen LogP contribution is -1.96. The van der Waals surface area contributed by atoms with Crippen LogP contribution in [0.1, 0.15) is 0 Å². The van der Waals surface area contributed by atoms with Gasteiger partial charge in [-0.15, -0.1) is 5.10 Å². The number of hydrogen-bond acceptors (Lipinski definition) is 7. The highest BCUT2D eigenvalue weighted by molar-refractivity contribution is 5.44. The van der Waals surface area contributed by atoms with Gasteiger partial charge in [-0.3, -0.25) is 0 Å². The lowest BCUT2D eigenvalue weighted by molar-refractivity contribution is 0.373. The van der Waals surface area contributed by atoms with Crippen LogP contribution in [0.4, 0.5) is 0 Å². The average molecular weight is 179 g/mol. The standard InChI is InChI=1S/C6H5N5O2/c1-12-6-7-2-4(9-10-6)5-8-3-13-11-5/h2-3H,1H3. The van der Waals surface area contributed by atoms with Gasteiger partial charge in [-0.2, -0.15) is 9.97 Å². The summed E-state index contributed by atoms with van der Waals surface area (Å²) in [6.45, 7) is 0. The molecule has 0 N–H and O–H groups in total. The number of rotatable bonds is 2. The summed E-state index contributed by atoms with van der Waals surface area (Å²) in [5.74, 6) is 0.350. The molecule has 0 radical (unpaired) electrons. The van der Waals surface area contributed by atoms with Crippen LogP contribution in [0.2, 0.25) is 0 Å². The van der Waals surface area contributed by atoms with Crippen molar-refractivity contribution in [2.75, 3.05) is 7.11 Å². The predicted molar refractivity (Wildman–Crippen MR) is 39.7 cm³/mol. The van der Waals surface area contributed by atoms with E-state index in [1.165, 1.54) is 19.7 Å². The van der Waals surface area contributed by atoms with Crippen molar-refractivity contribution in [1.29, 1.82) is 0 Å². The fraction of sp³-hybridized carbons (Fsp3) is 0.167. The van der Waals surface area contributed by atoms with Crippen molar-refractivity contribution in [3.05, 3.63) is 12.6 Å². The van der Waals surface area contributed by atoms with Crippen LogP contribution in [0, 0.1) is 0 Å². The third kappa shape index (κ3) is 1.43. The van der Waals surface area contributed by atoms with Gasteiger partial charge in [0.25, 0.3) is 0 Å². The van der Waals surface area contributed by atoms with E-state index in [4.69, 9.17) is 4.74 Å². The van der Waals surface area contributed by atoms with Crippen molar-refractivity contribution in [1.82, 2.24) is 25.3 Å². The zero-order chi connectivity index (χ0) is 9.10. The zero-order valence-corrected chi connectivity index (χ0v) is 6.71. The van der Waals surface area contributed by atoms with Gasteiger partial charge >= 0.3 is 6.01 Å². The maximum Gasteiger partial charge on any atom is 0.335 e. The average Bonchev–Trinajstić information content (AvgIpc) is 2.71. The molecule has 66 valence electrons. The summed E-state index contributed by atoms with van der Waals surface area (Å²) in [5, 5.41) is 11.0. The van der Waals surface area contributed by atoms with E-state index in [1.54, 1.807) is 0 Å². The van der Waals surface area contributed by atoms with E-state index in [0.717, 1.165) is 0 Å². The molecule has 13 heavy (non-hydrogen) atoms. The summed E-state index contributed by atoms with van der Waals surface area (Å²) < 4.78 is 9.28. The van der Waals surface area contributed by atoms with E-state index in [2.05, 4.69) is 29.8 Å². The molecule has 0 fully saturated rings. The Morgan fingerprint density at radius 2 is 2.23 bits per heavy atom. The van der Waals surface area contributed by atoms with E-state index in [-0.39, 0.29) is 6.01 Å². The highest BCUT2D eigenvalue weighted by Crippen LogP contribution is 2.08. The second-order valence-corrected chi connectivity index (χ2v) is 2.08. The summed E-state index contributed by atoms with van der Waals surface area (Å²) in [5.41, 5.74) is 0.439. The van der Waals surface area contributed by atoms with Crippen LogP contribution in [0.15, 0.2) is 17.1 Å². The van der Waals surface area contributed by atoms with Crippen molar-refractivity contribution >= 4 is 0 Å². The summed E-state index contributed by atoms with van der Waals surface area (Å²) in [4.78, 5) is 7.62. The smallest absolute Gasteiger partial charge is 0.335 e. The molecule has 0 saturated heterocycles. The molecular formula is C6H5N5O2.